The van der Waals surface area contributed by atoms with Crippen LogP contribution in [0.4, 0.5) is 17.1 Å². The fourth-order valence-corrected chi connectivity index (χ4v) is 2.80. The Morgan fingerprint density at radius 3 is 2.59 bits per heavy atom. The van der Waals surface area contributed by atoms with E-state index in [9.17, 15) is 14.9 Å². The van der Waals surface area contributed by atoms with Gasteiger partial charge in [-0.2, -0.15) is 0 Å². The van der Waals surface area contributed by atoms with E-state index in [1.807, 2.05) is 42.5 Å². The van der Waals surface area contributed by atoms with Crippen molar-refractivity contribution in [1.82, 2.24) is 0 Å². The zero-order valence-electron chi connectivity index (χ0n) is 14.3. The van der Waals surface area contributed by atoms with E-state index >= 15 is 0 Å². The van der Waals surface area contributed by atoms with Crippen molar-refractivity contribution in [2.75, 3.05) is 11.1 Å². The molecule has 0 aromatic heterocycles. The smallest absolute Gasteiger partial charge is 0.335 e. The average molecular weight is 363 g/mol. The third kappa shape index (κ3) is 3.87. The Morgan fingerprint density at radius 2 is 1.96 bits per heavy atom. The summed E-state index contributed by atoms with van der Waals surface area (Å²) in [5.41, 5.74) is 8.62. The molecule has 0 spiro atoms. The molecule has 0 heterocycles. The van der Waals surface area contributed by atoms with Crippen LogP contribution in [-0.2, 0) is 0 Å². The minimum absolute atomic E-state index is 0.152. The highest BCUT2D eigenvalue weighted by molar-refractivity contribution is 5.92. The molecule has 7 nitrogen and oxygen atoms in total. The summed E-state index contributed by atoms with van der Waals surface area (Å²) in [5, 5.41) is 23.7. The highest BCUT2D eigenvalue weighted by Gasteiger charge is 2.20. The van der Waals surface area contributed by atoms with Gasteiger partial charge in [-0.05, 0) is 30.2 Å². The predicted octanol–water partition coefficient (Wildman–Crippen LogP) is 4.21. The van der Waals surface area contributed by atoms with Crippen LogP contribution in [0.15, 0.2) is 72.3 Å². The number of carboxylic acid groups (broad SMARTS) is 1. The molecule has 1 aliphatic carbocycles. The first-order valence-electron chi connectivity index (χ1n) is 8.17. The number of hydrogen-bond acceptors (Lipinski definition) is 5. The quantitative estimate of drug-likeness (QED) is 0.416. The van der Waals surface area contributed by atoms with E-state index in [2.05, 4.69) is 5.32 Å². The molecule has 0 saturated heterocycles. The monoisotopic (exact) mass is 363 g/mol. The highest BCUT2D eigenvalue weighted by Crippen LogP contribution is 2.33. The van der Waals surface area contributed by atoms with Gasteiger partial charge < -0.3 is 16.2 Å². The Labute approximate surface area is 155 Å². The third-order valence-electron chi connectivity index (χ3n) is 4.13. The van der Waals surface area contributed by atoms with E-state index in [1.54, 1.807) is 6.07 Å². The average Bonchev–Trinajstić information content (AvgIpc) is 2.67. The summed E-state index contributed by atoms with van der Waals surface area (Å²) in [4.78, 5) is 22.0. The van der Waals surface area contributed by atoms with E-state index in [-0.39, 0.29) is 16.9 Å². The van der Waals surface area contributed by atoms with Crippen LogP contribution in [0.1, 0.15) is 22.3 Å². The van der Waals surface area contributed by atoms with Crippen LogP contribution in [0.3, 0.4) is 0 Å². The van der Waals surface area contributed by atoms with Crippen LogP contribution in [0.5, 0.6) is 0 Å². The summed E-state index contributed by atoms with van der Waals surface area (Å²) in [7, 11) is 0. The number of carbonyl (C=O) groups is 1. The van der Waals surface area contributed by atoms with Crippen LogP contribution in [0.2, 0.25) is 0 Å². The molecule has 4 N–H and O–H groups in total. The summed E-state index contributed by atoms with van der Waals surface area (Å²) in [6, 6.07) is 11.0. The summed E-state index contributed by atoms with van der Waals surface area (Å²) in [6.07, 6.45) is 8.31. The molecular weight excluding hydrogens is 346 g/mol. The fraction of sp³-hybridized carbons (Fsp3) is 0.0500. The Hall–Kier alpha value is -3.87. The van der Waals surface area contributed by atoms with Crippen molar-refractivity contribution in [1.29, 1.82) is 0 Å². The van der Waals surface area contributed by atoms with E-state index < -0.39 is 10.9 Å². The molecule has 0 atom stereocenters. The Bertz CT molecular complexity index is 1010. The Morgan fingerprint density at radius 1 is 1.19 bits per heavy atom. The van der Waals surface area contributed by atoms with Crippen molar-refractivity contribution in [3.05, 3.63) is 93.6 Å². The maximum Gasteiger partial charge on any atom is 0.335 e. The molecule has 2 aromatic carbocycles. The maximum absolute atomic E-state index is 11.5. The van der Waals surface area contributed by atoms with Crippen molar-refractivity contribution < 1.29 is 14.8 Å². The molecule has 0 fully saturated rings. The fourth-order valence-electron chi connectivity index (χ4n) is 2.80. The standard InChI is InChI=1S/C20H17N3O4/c21-16-9-5-4-8-15(16)19(13-6-2-1-3-7-13)22-17-11-10-14(20(24)25)12-18(17)23(26)27/h1-6,8-12,22H,7,21H2,(H,24,25)/b19-13+. The number of allylic oxidation sites excluding steroid dienone is 5. The minimum atomic E-state index is -1.23. The molecule has 0 unspecified atom stereocenters. The number of nitro benzene ring substituents is 1. The lowest BCUT2D eigenvalue weighted by molar-refractivity contribution is -0.383. The molecule has 27 heavy (non-hydrogen) atoms. The molecule has 0 saturated carbocycles. The number of nitrogens with one attached hydrogen (secondary N) is 1. The van der Waals surface area contributed by atoms with E-state index in [0.29, 0.717) is 23.4 Å². The SMILES string of the molecule is Nc1ccccc1/C(Nc1ccc(C(=O)O)cc1[N+](=O)[O-])=C1/C=CC=CC1. The first kappa shape index (κ1) is 17.9. The first-order valence-corrected chi connectivity index (χ1v) is 8.17. The predicted molar refractivity (Wildman–Crippen MR) is 104 cm³/mol. The van der Waals surface area contributed by atoms with Crippen molar-refractivity contribution in [2.24, 2.45) is 0 Å². The summed E-state index contributed by atoms with van der Waals surface area (Å²) >= 11 is 0. The van der Waals surface area contributed by atoms with Gasteiger partial charge in [0, 0.05) is 17.3 Å². The van der Waals surface area contributed by atoms with Gasteiger partial charge in [0.25, 0.3) is 5.69 Å². The number of nitro groups is 1. The van der Waals surface area contributed by atoms with Gasteiger partial charge in [-0.25, -0.2) is 4.79 Å². The topological polar surface area (TPSA) is 118 Å². The second-order valence-electron chi connectivity index (χ2n) is 5.90. The molecule has 0 radical (unpaired) electrons. The first-order chi connectivity index (χ1) is 13.0. The molecule has 7 heteroatoms. The molecule has 0 amide bonds. The van der Waals surface area contributed by atoms with Gasteiger partial charge in [0.2, 0.25) is 0 Å². The molecule has 2 aromatic rings. The third-order valence-corrected chi connectivity index (χ3v) is 4.13. The second-order valence-corrected chi connectivity index (χ2v) is 5.90. The van der Waals surface area contributed by atoms with E-state index in [1.165, 1.54) is 12.1 Å². The van der Waals surface area contributed by atoms with Gasteiger partial charge in [0.1, 0.15) is 5.69 Å². The Balaban J connectivity index is 2.12. The number of rotatable bonds is 5. The largest absolute Gasteiger partial charge is 0.478 e. The second kappa shape index (κ2) is 7.57. The number of nitrogens with two attached hydrogens (primary N) is 1. The number of hydrogen-bond donors (Lipinski definition) is 3. The van der Waals surface area contributed by atoms with Gasteiger partial charge in [-0.3, -0.25) is 10.1 Å². The minimum Gasteiger partial charge on any atom is -0.478 e. The van der Waals surface area contributed by atoms with Crippen LogP contribution in [-0.4, -0.2) is 16.0 Å². The summed E-state index contributed by atoms with van der Waals surface area (Å²) in [5.74, 6) is -1.23. The molecule has 3 rings (SSSR count). The highest BCUT2D eigenvalue weighted by atomic mass is 16.6. The number of anilines is 2. The Kier molecular flexibility index (Phi) is 5.03. The van der Waals surface area contributed by atoms with Crippen molar-refractivity contribution >= 4 is 28.7 Å². The maximum atomic E-state index is 11.5. The molecule has 0 aliphatic heterocycles. The summed E-state index contributed by atoms with van der Waals surface area (Å²) < 4.78 is 0. The van der Waals surface area contributed by atoms with Gasteiger partial charge in [-0.1, -0.05) is 42.5 Å². The van der Waals surface area contributed by atoms with E-state index in [4.69, 9.17) is 10.8 Å². The van der Waals surface area contributed by atoms with E-state index in [0.717, 1.165) is 11.6 Å². The van der Waals surface area contributed by atoms with Gasteiger partial charge >= 0.3 is 5.97 Å². The zero-order valence-corrected chi connectivity index (χ0v) is 14.3. The van der Waals surface area contributed by atoms with Crippen molar-refractivity contribution in [2.45, 2.75) is 6.42 Å². The van der Waals surface area contributed by atoms with Gasteiger partial charge in [0.05, 0.1) is 16.2 Å². The molecule has 0 bridgehead atoms. The van der Waals surface area contributed by atoms with Crippen LogP contribution >= 0.6 is 0 Å². The van der Waals surface area contributed by atoms with Crippen molar-refractivity contribution in [3.8, 4) is 0 Å². The zero-order chi connectivity index (χ0) is 19.4. The number of para-hydroxylation sites is 1. The number of benzene rings is 2. The van der Waals surface area contributed by atoms with Crippen LogP contribution < -0.4 is 11.1 Å². The number of carboxylic acids is 1. The van der Waals surface area contributed by atoms with Gasteiger partial charge in [-0.15, -0.1) is 0 Å². The van der Waals surface area contributed by atoms with Gasteiger partial charge in [0.15, 0.2) is 0 Å². The van der Waals surface area contributed by atoms with Crippen LogP contribution in [0.25, 0.3) is 5.70 Å². The van der Waals surface area contributed by atoms with Crippen LogP contribution in [0, 0.1) is 10.1 Å². The lowest BCUT2D eigenvalue weighted by Gasteiger charge is -2.18. The number of nitrogens with zero attached hydrogens (tertiary/aromatic N) is 1. The lowest BCUT2D eigenvalue weighted by Crippen LogP contribution is -2.08. The summed E-state index contributed by atoms with van der Waals surface area (Å²) in [6.45, 7) is 0. The lowest BCUT2D eigenvalue weighted by atomic mass is 9.99. The molecule has 136 valence electrons. The normalized spacial score (nSPS) is 14.7. The number of aromatic carboxylic acids is 1. The number of nitrogen functional groups attached to an aromatic ring is 1. The van der Waals surface area contributed by atoms with Crippen molar-refractivity contribution in [3.63, 3.8) is 0 Å². The molecular formula is C20H17N3O4. The molecule has 1 aliphatic rings.